The number of halogens is 1. The van der Waals surface area contributed by atoms with E-state index in [2.05, 4.69) is 5.32 Å². The van der Waals surface area contributed by atoms with Gasteiger partial charge in [0.15, 0.2) is 0 Å². The summed E-state index contributed by atoms with van der Waals surface area (Å²) in [5.41, 5.74) is -0.147. The fourth-order valence-electron chi connectivity index (χ4n) is 1.00. The Morgan fingerprint density at radius 2 is 2.07 bits per heavy atom. The van der Waals surface area contributed by atoms with E-state index in [0.29, 0.717) is 5.69 Å². The molecule has 0 saturated carbocycles. The van der Waals surface area contributed by atoms with Gasteiger partial charge in [-0.25, -0.2) is 4.39 Å². The molecule has 0 aliphatic rings. The number of rotatable bonds is 3. The standard InChI is InChI=1S/C11H16FNO/c1-8(11(2,3)14)13-10-6-4-5-9(12)7-10/h4-8,13-14H,1-3H3. The van der Waals surface area contributed by atoms with Crippen LogP contribution in [0.15, 0.2) is 24.3 Å². The van der Waals surface area contributed by atoms with Crippen molar-refractivity contribution in [1.82, 2.24) is 0 Å². The molecule has 1 atom stereocenters. The van der Waals surface area contributed by atoms with Crippen LogP contribution in [0.3, 0.4) is 0 Å². The highest BCUT2D eigenvalue weighted by molar-refractivity contribution is 5.44. The molecule has 0 heterocycles. The number of aliphatic hydroxyl groups is 1. The summed E-state index contributed by atoms with van der Waals surface area (Å²) in [5.74, 6) is -0.280. The number of benzene rings is 1. The molecule has 1 aromatic rings. The Balaban J connectivity index is 2.70. The average Bonchev–Trinajstić information content (AvgIpc) is 2.02. The van der Waals surface area contributed by atoms with Gasteiger partial charge < -0.3 is 10.4 Å². The predicted molar refractivity (Wildman–Crippen MR) is 55.8 cm³/mol. The summed E-state index contributed by atoms with van der Waals surface area (Å²) in [6.45, 7) is 5.28. The molecule has 0 radical (unpaired) electrons. The predicted octanol–water partition coefficient (Wildman–Crippen LogP) is 2.40. The van der Waals surface area contributed by atoms with Crippen molar-refractivity contribution in [3.63, 3.8) is 0 Å². The second kappa shape index (κ2) is 3.96. The van der Waals surface area contributed by atoms with Gasteiger partial charge in [0.2, 0.25) is 0 Å². The molecule has 2 nitrogen and oxygen atoms in total. The molecule has 0 aromatic heterocycles. The Morgan fingerprint density at radius 3 is 2.57 bits per heavy atom. The van der Waals surface area contributed by atoms with Gasteiger partial charge in [0, 0.05) is 5.69 Å². The molecule has 0 aliphatic carbocycles. The lowest BCUT2D eigenvalue weighted by atomic mass is 10.0. The number of hydrogen-bond donors (Lipinski definition) is 2. The summed E-state index contributed by atoms with van der Waals surface area (Å²) < 4.78 is 12.8. The number of anilines is 1. The normalized spacial score (nSPS) is 13.8. The molecule has 1 unspecified atom stereocenters. The van der Waals surface area contributed by atoms with Gasteiger partial charge in [0.25, 0.3) is 0 Å². The smallest absolute Gasteiger partial charge is 0.125 e. The van der Waals surface area contributed by atoms with Crippen molar-refractivity contribution in [2.75, 3.05) is 5.32 Å². The van der Waals surface area contributed by atoms with Crippen LogP contribution in [-0.4, -0.2) is 16.7 Å². The molecule has 0 spiro atoms. The van der Waals surface area contributed by atoms with Crippen LogP contribution >= 0.6 is 0 Å². The van der Waals surface area contributed by atoms with E-state index in [1.165, 1.54) is 12.1 Å². The molecular weight excluding hydrogens is 181 g/mol. The van der Waals surface area contributed by atoms with Gasteiger partial charge in [-0.2, -0.15) is 0 Å². The fourth-order valence-corrected chi connectivity index (χ4v) is 1.00. The summed E-state index contributed by atoms with van der Waals surface area (Å²) in [4.78, 5) is 0. The largest absolute Gasteiger partial charge is 0.388 e. The number of hydrogen-bond acceptors (Lipinski definition) is 2. The topological polar surface area (TPSA) is 32.3 Å². The van der Waals surface area contributed by atoms with Gasteiger partial charge in [0.1, 0.15) is 5.82 Å². The Kier molecular flexibility index (Phi) is 3.11. The second-order valence-corrected chi connectivity index (χ2v) is 4.03. The van der Waals surface area contributed by atoms with Crippen molar-refractivity contribution in [3.8, 4) is 0 Å². The quantitative estimate of drug-likeness (QED) is 0.779. The summed E-state index contributed by atoms with van der Waals surface area (Å²) in [5, 5.41) is 12.7. The van der Waals surface area contributed by atoms with E-state index in [9.17, 15) is 9.50 Å². The lowest BCUT2D eigenvalue weighted by Crippen LogP contribution is -2.39. The Labute approximate surface area is 83.8 Å². The van der Waals surface area contributed by atoms with Crippen molar-refractivity contribution < 1.29 is 9.50 Å². The van der Waals surface area contributed by atoms with E-state index in [0.717, 1.165) is 0 Å². The van der Waals surface area contributed by atoms with Gasteiger partial charge in [-0.15, -0.1) is 0 Å². The van der Waals surface area contributed by atoms with Crippen LogP contribution < -0.4 is 5.32 Å². The van der Waals surface area contributed by atoms with Crippen LogP contribution in [-0.2, 0) is 0 Å². The maximum absolute atomic E-state index is 12.8. The van der Waals surface area contributed by atoms with Gasteiger partial charge >= 0.3 is 0 Å². The molecule has 78 valence electrons. The third-order valence-electron chi connectivity index (χ3n) is 2.27. The monoisotopic (exact) mass is 197 g/mol. The van der Waals surface area contributed by atoms with E-state index in [4.69, 9.17) is 0 Å². The van der Waals surface area contributed by atoms with Gasteiger partial charge in [-0.05, 0) is 39.0 Å². The summed E-state index contributed by atoms with van der Waals surface area (Å²) in [7, 11) is 0. The van der Waals surface area contributed by atoms with Gasteiger partial charge in [-0.3, -0.25) is 0 Å². The first-order valence-electron chi connectivity index (χ1n) is 4.64. The highest BCUT2D eigenvalue weighted by atomic mass is 19.1. The van der Waals surface area contributed by atoms with Crippen LogP contribution in [0.5, 0.6) is 0 Å². The maximum atomic E-state index is 12.8. The molecule has 2 N–H and O–H groups in total. The van der Waals surface area contributed by atoms with Gasteiger partial charge in [0.05, 0.1) is 11.6 Å². The minimum atomic E-state index is -0.827. The summed E-state index contributed by atoms with van der Waals surface area (Å²) >= 11 is 0. The second-order valence-electron chi connectivity index (χ2n) is 4.03. The first-order valence-corrected chi connectivity index (χ1v) is 4.64. The van der Waals surface area contributed by atoms with Crippen LogP contribution in [0.1, 0.15) is 20.8 Å². The van der Waals surface area contributed by atoms with Crippen molar-refractivity contribution in [1.29, 1.82) is 0 Å². The molecule has 0 fully saturated rings. The van der Waals surface area contributed by atoms with E-state index < -0.39 is 5.60 Å². The number of nitrogens with one attached hydrogen (secondary N) is 1. The Morgan fingerprint density at radius 1 is 1.43 bits per heavy atom. The van der Waals surface area contributed by atoms with E-state index in [-0.39, 0.29) is 11.9 Å². The van der Waals surface area contributed by atoms with Gasteiger partial charge in [-0.1, -0.05) is 6.07 Å². The minimum Gasteiger partial charge on any atom is -0.388 e. The molecule has 3 heteroatoms. The molecule has 1 rings (SSSR count). The van der Waals surface area contributed by atoms with Crippen LogP contribution in [0, 0.1) is 5.82 Å². The molecule has 14 heavy (non-hydrogen) atoms. The highest BCUT2D eigenvalue weighted by Gasteiger charge is 2.21. The first-order chi connectivity index (χ1) is 6.39. The zero-order valence-electron chi connectivity index (χ0n) is 8.71. The molecule has 0 amide bonds. The fraction of sp³-hybridized carbons (Fsp3) is 0.455. The van der Waals surface area contributed by atoms with Crippen LogP contribution in [0.25, 0.3) is 0 Å². The first kappa shape index (κ1) is 11.0. The van der Waals surface area contributed by atoms with Crippen molar-refractivity contribution in [3.05, 3.63) is 30.1 Å². The van der Waals surface area contributed by atoms with E-state index in [1.807, 2.05) is 6.92 Å². The zero-order chi connectivity index (χ0) is 10.8. The molecular formula is C11H16FNO. The van der Waals surface area contributed by atoms with Crippen molar-refractivity contribution in [2.45, 2.75) is 32.4 Å². The molecule has 0 bridgehead atoms. The maximum Gasteiger partial charge on any atom is 0.125 e. The zero-order valence-corrected chi connectivity index (χ0v) is 8.71. The SMILES string of the molecule is CC(Nc1cccc(F)c1)C(C)(C)O. The van der Waals surface area contributed by atoms with E-state index in [1.54, 1.807) is 26.0 Å². The third-order valence-corrected chi connectivity index (χ3v) is 2.27. The highest BCUT2D eigenvalue weighted by Crippen LogP contribution is 2.16. The van der Waals surface area contributed by atoms with Crippen LogP contribution in [0.4, 0.5) is 10.1 Å². The molecule has 1 aromatic carbocycles. The lowest BCUT2D eigenvalue weighted by molar-refractivity contribution is 0.0649. The van der Waals surface area contributed by atoms with Crippen molar-refractivity contribution >= 4 is 5.69 Å². The van der Waals surface area contributed by atoms with Crippen LogP contribution in [0.2, 0.25) is 0 Å². The molecule has 0 aliphatic heterocycles. The van der Waals surface area contributed by atoms with E-state index >= 15 is 0 Å². The average molecular weight is 197 g/mol. The van der Waals surface area contributed by atoms with Crippen molar-refractivity contribution in [2.24, 2.45) is 0 Å². The minimum absolute atomic E-state index is 0.135. The third kappa shape index (κ3) is 3.00. The Bertz CT molecular complexity index is 306. The summed E-state index contributed by atoms with van der Waals surface area (Å²) in [6.07, 6.45) is 0. The Hall–Kier alpha value is -1.09. The summed E-state index contributed by atoms with van der Waals surface area (Å²) in [6, 6.07) is 6.06. The lowest BCUT2D eigenvalue weighted by Gasteiger charge is -2.27. The molecule has 0 saturated heterocycles.